The first-order valence-corrected chi connectivity index (χ1v) is 10.6. The van der Waals surface area contributed by atoms with Gasteiger partial charge in [0.25, 0.3) is 5.91 Å². The quantitative estimate of drug-likeness (QED) is 0.186. The lowest BCUT2D eigenvalue weighted by Crippen LogP contribution is -2.18. The number of rotatable bonds is 7. The van der Waals surface area contributed by atoms with E-state index in [2.05, 4.69) is 4.98 Å². The van der Waals surface area contributed by atoms with Crippen molar-refractivity contribution in [3.63, 3.8) is 0 Å². The molecule has 4 aromatic rings. The number of carbonyl (C=O) groups is 2. The molecule has 0 aliphatic carbocycles. The normalized spacial score (nSPS) is 10.7. The average molecular weight is 433 g/mol. The standard InChI is InChI=1S/C24H20N2O4S/c27-18-10-8-16(9-11-18)19-14-20(22-2-1-13-31-22)25-23(19)21(28)12-5-15-3-6-17(7-4-15)24(29)26-30/h1-4,6-11,13-14,25,27,30H,5,12H2,(H,26,29). The molecule has 0 atom stereocenters. The molecule has 31 heavy (non-hydrogen) atoms. The summed E-state index contributed by atoms with van der Waals surface area (Å²) in [7, 11) is 0. The van der Waals surface area contributed by atoms with Gasteiger partial charge in [-0.1, -0.05) is 30.3 Å². The third kappa shape index (κ3) is 4.58. The average Bonchev–Trinajstić information content (AvgIpc) is 3.48. The molecule has 0 aliphatic heterocycles. The molecule has 0 unspecified atom stereocenters. The van der Waals surface area contributed by atoms with E-state index in [4.69, 9.17) is 5.21 Å². The van der Waals surface area contributed by atoms with E-state index in [1.165, 1.54) is 0 Å². The number of amides is 1. The summed E-state index contributed by atoms with van der Waals surface area (Å²) in [5.74, 6) is -0.430. The van der Waals surface area contributed by atoms with Gasteiger partial charge in [0.05, 0.1) is 16.3 Å². The van der Waals surface area contributed by atoms with E-state index in [9.17, 15) is 14.7 Å². The lowest BCUT2D eigenvalue weighted by molar-refractivity contribution is 0.0706. The Kier molecular flexibility index (Phi) is 5.97. The molecule has 7 heteroatoms. The minimum absolute atomic E-state index is 0.0249. The zero-order valence-electron chi connectivity index (χ0n) is 16.5. The zero-order chi connectivity index (χ0) is 21.8. The Morgan fingerprint density at radius 1 is 1.00 bits per heavy atom. The number of phenols is 1. The summed E-state index contributed by atoms with van der Waals surface area (Å²) < 4.78 is 0. The van der Waals surface area contributed by atoms with Crippen LogP contribution in [0.3, 0.4) is 0 Å². The number of nitrogens with one attached hydrogen (secondary N) is 2. The molecule has 2 heterocycles. The number of aryl methyl sites for hydroxylation is 1. The van der Waals surface area contributed by atoms with E-state index in [0.717, 1.165) is 27.3 Å². The highest BCUT2D eigenvalue weighted by Gasteiger charge is 2.18. The third-order valence-electron chi connectivity index (χ3n) is 5.02. The van der Waals surface area contributed by atoms with E-state index in [-0.39, 0.29) is 11.5 Å². The van der Waals surface area contributed by atoms with Gasteiger partial charge >= 0.3 is 0 Å². The van der Waals surface area contributed by atoms with Gasteiger partial charge in [0.1, 0.15) is 5.75 Å². The maximum absolute atomic E-state index is 13.1. The van der Waals surface area contributed by atoms with Crippen molar-refractivity contribution in [1.82, 2.24) is 10.5 Å². The van der Waals surface area contributed by atoms with Crippen LogP contribution in [0.2, 0.25) is 0 Å². The van der Waals surface area contributed by atoms with Gasteiger partial charge in [0.15, 0.2) is 5.78 Å². The van der Waals surface area contributed by atoms with Crippen LogP contribution in [0.1, 0.15) is 32.8 Å². The van der Waals surface area contributed by atoms with Crippen molar-refractivity contribution in [2.75, 3.05) is 0 Å². The summed E-state index contributed by atoms with van der Waals surface area (Å²) in [6.07, 6.45) is 0.809. The van der Waals surface area contributed by atoms with Crippen LogP contribution in [-0.4, -0.2) is 27.0 Å². The lowest BCUT2D eigenvalue weighted by Gasteiger charge is -2.06. The Labute approximate surface area is 182 Å². The van der Waals surface area contributed by atoms with Gasteiger partial charge in [0.2, 0.25) is 0 Å². The Bertz CT molecular complexity index is 1190. The number of hydrogen-bond acceptors (Lipinski definition) is 5. The second-order valence-corrected chi connectivity index (χ2v) is 8.00. The number of aromatic hydroxyl groups is 1. The van der Waals surface area contributed by atoms with Crippen molar-refractivity contribution >= 4 is 23.0 Å². The lowest BCUT2D eigenvalue weighted by atomic mass is 9.99. The van der Waals surface area contributed by atoms with Crippen LogP contribution in [0.4, 0.5) is 0 Å². The monoisotopic (exact) mass is 432 g/mol. The van der Waals surface area contributed by atoms with Crippen LogP contribution >= 0.6 is 11.3 Å². The number of Topliss-reactive ketones (excluding diaryl/α,β-unsaturated/α-hetero) is 1. The number of carbonyl (C=O) groups excluding carboxylic acids is 2. The van der Waals surface area contributed by atoms with E-state index >= 15 is 0 Å². The van der Waals surface area contributed by atoms with Crippen LogP contribution in [0.25, 0.3) is 21.7 Å². The van der Waals surface area contributed by atoms with Gasteiger partial charge in [-0.15, -0.1) is 11.3 Å². The Hall–Kier alpha value is -3.68. The zero-order valence-corrected chi connectivity index (χ0v) is 17.3. The summed E-state index contributed by atoms with van der Waals surface area (Å²) in [5, 5.41) is 20.3. The highest BCUT2D eigenvalue weighted by molar-refractivity contribution is 7.13. The molecule has 0 radical (unpaired) electrons. The second-order valence-electron chi connectivity index (χ2n) is 7.06. The van der Waals surface area contributed by atoms with Crippen molar-refractivity contribution in [2.45, 2.75) is 12.8 Å². The summed E-state index contributed by atoms with van der Waals surface area (Å²) >= 11 is 1.59. The number of hydrogen-bond donors (Lipinski definition) is 4. The molecule has 0 saturated carbocycles. The molecule has 6 nitrogen and oxygen atoms in total. The molecular formula is C24H20N2O4S. The minimum atomic E-state index is -0.575. The highest BCUT2D eigenvalue weighted by atomic mass is 32.1. The van der Waals surface area contributed by atoms with Crippen LogP contribution in [0.5, 0.6) is 5.75 Å². The van der Waals surface area contributed by atoms with Crippen molar-refractivity contribution in [3.8, 4) is 27.4 Å². The van der Waals surface area contributed by atoms with Gasteiger partial charge < -0.3 is 10.1 Å². The van der Waals surface area contributed by atoms with Crippen LogP contribution in [-0.2, 0) is 6.42 Å². The Balaban J connectivity index is 1.58. The first kappa shape index (κ1) is 20.6. The summed E-state index contributed by atoms with van der Waals surface area (Å²) in [4.78, 5) is 28.9. The molecule has 0 bridgehead atoms. The molecule has 0 spiro atoms. The van der Waals surface area contributed by atoms with E-state index in [1.54, 1.807) is 65.3 Å². The fraction of sp³-hybridized carbons (Fsp3) is 0.0833. The summed E-state index contributed by atoms with van der Waals surface area (Å²) in [6, 6.07) is 19.5. The number of benzene rings is 2. The van der Waals surface area contributed by atoms with Crippen molar-refractivity contribution in [2.24, 2.45) is 0 Å². The number of aromatic nitrogens is 1. The number of thiophene rings is 1. The van der Waals surface area contributed by atoms with E-state index in [0.29, 0.717) is 24.1 Å². The Morgan fingerprint density at radius 2 is 1.74 bits per heavy atom. The highest BCUT2D eigenvalue weighted by Crippen LogP contribution is 2.33. The first-order chi connectivity index (χ1) is 15.0. The maximum atomic E-state index is 13.1. The largest absolute Gasteiger partial charge is 0.508 e. The predicted octanol–water partition coefficient (Wildman–Crippen LogP) is 5.05. The van der Waals surface area contributed by atoms with Crippen molar-refractivity contribution in [3.05, 3.63) is 88.9 Å². The molecule has 156 valence electrons. The number of aromatic amines is 1. The van der Waals surface area contributed by atoms with Gasteiger partial charge in [-0.2, -0.15) is 0 Å². The van der Waals surface area contributed by atoms with Gasteiger partial charge in [0, 0.05) is 17.5 Å². The topological polar surface area (TPSA) is 102 Å². The van der Waals surface area contributed by atoms with Gasteiger partial charge in [-0.05, 0) is 59.3 Å². The fourth-order valence-electron chi connectivity index (χ4n) is 3.38. The number of hydroxylamine groups is 1. The smallest absolute Gasteiger partial charge is 0.274 e. The summed E-state index contributed by atoms with van der Waals surface area (Å²) in [5.41, 5.74) is 5.91. The third-order valence-corrected chi connectivity index (χ3v) is 5.92. The first-order valence-electron chi connectivity index (χ1n) is 9.68. The number of H-pyrrole nitrogens is 1. The molecule has 2 aromatic heterocycles. The van der Waals surface area contributed by atoms with Crippen LogP contribution in [0, 0.1) is 0 Å². The predicted molar refractivity (Wildman–Crippen MR) is 120 cm³/mol. The molecule has 2 aromatic carbocycles. The fourth-order valence-corrected chi connectivity index (χ4v) is 4.08. The van der Waals surface area contributed by atoms with Crippen molar-refractivity contribution in [1.29, 1.82) is 0 Å². The number of phenolic OH excluding ortho intramolecular Hbond substituents is 1. The van der Waals surface area contributed by atoms with Gasteiger partial charge in [-0.3, -0.25) is 14.8 Å². The van der Waals surface area contributed by atoms with Crippen molar-refractivity contribution < 1.29 is 19.9 Å². The Morgan fingerprint density at radius 3 is 2.39 bits per heavy atom. The van der Waals surface area contributed by atoms with Gasteiger partial charge in [-0.25, -0.2) is 5.48 Å². The molecule has 4 rings (SSSR count). The SMILES string of the molecule is O=C(NO)c1ccc(CCC(=O)c2[nH]c(-c3cccs3)cc2-c2ccc(O)cc2)cc1. The molecule has 4 N–H and O–H groups in total. The maximum Gasteiger partial charge on any atom is 0.274 e. The summed E-state index contributed by atoms with van der Waals surface area (Å²) in [6.45, 7) is 0. The molecule has 0 saturated heterocycles. The number of ketones is 1. The molecule has 0 fully saturated rings. The minimum Gasteiger partial charge on any atom is -0.508 e. The van der Waals surface area contributed by atoms with E-state index < -0.39 is 5.91 Å². The van der Waals surface area contributed by atoms with E-state index in [1.807, 2.05) is 23.6 Å². The molecular weight excluding hydrogens is 412 g/mol. The molecule has 1 amide bonds. The van der Waals surface area contributed by atoms with Crippen LogP contribution < -0.4 is 5.48 Å². The second kappa shape index (κ2) is 8.99. The molecule has 0 aliphatic rings. The van der Waals surface area contributed by atoms with Crippen LogP contribution in [0.15, 0.2) is 72.1 Å².